The van der Waals surface area contributed by atoms with E-state index >= 15 is 0 Å². The number of sulfone groups is 1. The fourth-order valence-corrected chi connectivity index (χ4v) is 6.36. The minimum absolute atomic E-state index is 0.0800. The Balaban J connectivity index is 1.97. The summed E-state index contributed by atoms with van der Waals surface area (Å²) < 4.78 is 29.3. The molecular weight excluding hydrogens is 368 g/mol. The first-order chi connectivity index (χ1) is 11.7. The van der Waals surface area contributed by atoms with Gasteiger partial charge in [-0.2, -0.15) is 0 Å². The standard InChI is InChI=1S/C15H18N2O6S2/c1-4-6-23-14(20)10-15(2,3)25(21,22)13-8(12(19)17(10)13)9(18)11-16-5-7-24-11/h4-5,7-10,13,18H,1,6H2,2-3H3/t8-,9?,10+,13-/m1/s1. The summed E-state index contributed by atoms with van der Waals surface area (Å²) in [7, 11) is -3.91. The molecule has 1 unspecified atom stereocenters. The van der Waals surface area contributed by atoms with Crippen LogP contribution in [0, 0.1) is 5.92 Å². The van der Waals surface area contributed by atoms with E-state index in [0.717, 1.165) is 16.2 Å². The minimum Gasteiger partial charge on any atom is -0.460 e. The van der Waals surface area contributed by atoms with Crippen molar-refractivity contribution in [3.8, 4) is 0 Å². The second kappa shape index (κ2) is 5.89. The van der Waals surface area contributed by atoms with Crippen molar-refractivity contribution in [3.63, 3.8) is 0 Å². The van der Waals surface area contributed by atoms with Crippen LogP contribution in [0.2, 0.25) is 0 Å². The van der Waals surface area contributed by atoms with Crippen molar-refractivity contribution in [3.05, 3.63) is 29.2 Å². The Bertz CT molecular complexity index is 817. The highest BCUT2D eigenvalue weighted by Gasteiger charge is 2.73. The van der Waals surface area contributed by atoms with Crippen LogP contribution in [0.4, 0.5) is 0 Å². The van der Waals surface area contributed by atoms with Gasteiger partial charge in [-0.15, -0.1) is 11.3 Å². The van der Waals surface area contributed by atoms with E-state index in [2.05, 4.69) is 11.6 Å². The number of carbonyl (C=O) groups excluding carboxylic acids is 2. The van der Waals surface area contributed by atoms with E-state index in [1.165, 1.54) is 26.1 Å². The smallest absolute Gasteiger partial charge is 0.330 e. The van der Waals surface area contributed by atoms with Gasteiger partial charge in [0.1, 0.15) is 35.1 Å². The molecule has 2 aliphatic heterocycles. The van der Waals surface area contributed by atoms with Gasteiger partial charge >= 0.3 is 5.97 Å². The number of aromatic nitrogens is 1. The van der Waals surface area contributed by atoms with Crippen LogP contribution in [0.5, 0.6) is 0 Å². The molecule has 25 heavy (non-hydrogen) atoms. The van der Waals surface area contributed by atoms with E-state index in [9.17, 15) is 23.1 Å². The van der Waals surface area contributed by atoms with Crippen molar-refractivity contribution in [2.75, 3.05) is 6.61 Å². The first-order valence-electron chi connectivity index (χ1n) is 7.57. The molecule has 3 rings (SSSR count). The lowest BCUT2D eigenvalue weighted by Crippen LogP contribution is -2.65. The monoisotopic (exact) mass is 386 g/mol. The fourth-order valence-electron chi connectivity index (χ4n) is 3.37. The summed E-state index contributed by atoms with van der Waals surface area (Å²) in [6.45, 7) is 6.13. The molecule has 1 aromatic heterocycles. The van der Waals surface area contributed by atoms with E-state index in [1.807, 2.05) is 0 Å². The summed E-state index contributed by atoms with van der Waals surface area (Å²) in [6, 6.07) is -1.25. The van der Waals surface area contributed by atoms with E-state index in [1.54, 1.807) is 5.38 Å². The van der Waals surface area contributed by atoms with E-state index in [4.69, 9.17) is 4.74 Å². The maximum absolute atomic E-state index is 12.9. The van der Waals surface area contributed by atoms with Crippen molar-refractivity contribution in [1.29, 1.82) is 0 Å². The quantitative estimate of drug-likeness (QED) is 0.439. The van der Waals surface area contributed by atoms with Gasteiger partial charge in [-0.3, -0.25) is 4.79 Å². The van der Waals surface area contributed by atoms with E-state index in [-0.39, 0.29) is 11.6 Å². The number of aliphatic hydroxyl groups excluding tert-OH is 1. The van der Waals surface area contributed by atoms with E-state index in [0.29, 0.717) is 0 Å². The first-order valence-corrected chi connectivity index (χ1v) is 9.99. The van der Waals surface area contributed by atoms with Gasteiger partial charge in [0.25, 0.3) is 0 Å². The number of rotatable bonds is 5. The molecular formula is C15H18N2O6S2. The van der Waals surface area contributed by atoms with Crippen LogP contribution >= 0.6 is 11.3 Å². The van der Waals surface area contributed by atoms with E-state index < -0.39 is 49.9 Å². The second-order valence-electron chi connectivity index (χ2n) is 6.45. The van der Waals surface area contributed by atoms with Crippen LogP contribution in [0.15, 0.2) is 24.2 Å². The molecule has 136 valence electrons. The van der Waals surface area contributed by atoms with Gasteiger partial charge in [0, 0.05) is 11.6 Å². The molecule has 1 amide bonds. The van der Waals surface area contributed by atoms with Crippen LogP contribution in [0.3, 0.4) is 0 Å². The highest BCUT2D eigenvalue weighted by molar-refractivity contribution is 7.93. The van der Waals surface area contributed by atoms with Crippen LogP contribution < -0.4 is 0 Å². The molecule has 2 aliphatic rings. The number of hydrogen-bond donors (Lipinski definition) is 1. The Morgan fingerprint density at radius 1 is 1.60 bits per heavy atom. The molecule has 1 N–H and O–H groups in total. The zero-order valence-electron chi connectivity index (χ0n) is 13.7. The summed E-state index contributed by atoms with van der Waals surface area (Å²) >= 11 is 1.13. The summed E-state index contributed by atoms with van der Waals surface area (Å²) in [5, 5.41) is 11.0. The molecule has 1 aromatic rings. The predicted molar refractivity (Wildman–Crippen MR) is 89.1 cm³/mol. The topological polar surface area (TPSA) is 114 Å². The van der Waals surface area contributed by atoms with Crippen LogP contribution in [-0.2, 0) is 24.2 Å². The summed E-state index contributed by atoms with van der Waals surface area (Å²) in [6.07, 6.45) is 1.49. The zero-order chi connectivity index (χ0) is 18.6. The number of amides is 1. The molecule has 0 saturated carbocycles. The van der Waals surface area contributed by atoms with Gasteiger partial charge in [-0.25, -0.2) is 18.2 Å². The van der Waals surface area contributed by atoms with Gasteiger partial charge in [0.2, 0.25) is 5.91 Å². The Morgan fingerprint density at radius 2 is 2.28 bits per heavy atom. The number of aliphatic hydroxyl groups is 1. The third-order valence-corrected chi connectivity index (χ3v) is 8.41. The van der Waals surface area contributed by atoms with Crippen molar-refractivity contribution in [2.24, 2.45) is 5.92 Å². The van der Waals surface area contributed by atoms with Crippen molar-refractivity contribution in [1.82, 2.24) is 9.88 Å². The lowest BCUT2D eigenvalue weighted by atomic mass is 9.88. The number of esters is 1. The largest absolute Gasteiger partial charge is 0.460 e. The minimum atomic E-state index is -3.91. The van der Waals surface area contributed by atoms with Gasteiger partial charge in [0.05, 0.1) is 4.75 Å². The molecule has 10 heteroatoms. The molecule has 0 spiro atoms. The third-order valence-electron chi connectivity index (χ3n) is 4.72. The Morgan fingerprint density at radius 3 is 2.84 bits per heavy atom. The second-order valence-corrected chi connectivity index (χ2v) is 10.00. The van der Waals surface area contributed by atoms with Crippen molar-refractivity contribution < 1.29 is 27.9 Å². The first kappa shape index (κ1) is 18.0. The number of thiazole rings is 1. The van der Waals surface area contributed by atoms with Gasteiger partial charge in [-0.05, 0) is 13.8 Å². The maximum atomic E-state index is 12.9. The highest BCUT2D eigenvalue weighted by atomic mass is 32.2. The molecule has 0 aromatic carbocycles. The normalized spacial score (nSPS) is 30.3. The number of hydrogen-bond acceptors (Lipinski definition) is 8. The van der Waals surface area contributed by atoms with Crippen LogP contribution in [-0.4, -0.2) is 58.1 Å². The summed E-state index contributed by atoms with van der Waals surface area (Å²) in [5.74, 6) is -2.57. The van der Waals surface area contributed by atoms with Gasteiger partial charge < -0.3 is 14.7 Å². The number of fused-ring (bicyclic) bond motifs is 1. The average Bonchev–Trinajstić information content (AvgIpc) is 3.11. The molecule has 2 saturated heterocycles. The Labute approximate surface area is 149 Å². The van der Waals surface area contributed by atoms with Gasteiger partial charge in [0.15, 0.2) is 9.84 Å². The van der Waals surface area contributed by atoms with Crippen LogP contribution in [0.1, 0.15) is 25.0 Å². The third kappa shape index (κ3) is 2.35. The molecule has 0 aliphatic carbocycles. The lowest BCUT2D eigenvalue weighted by molar-refractivity contribution is -0.171. The average molecular weight is 386 g/mol. The molecule has 0 radical (unpaired) electrons. The maximum Gasteiger partial charge on any atom is 0.330 e. The van der Waals surface area contributed by atoms with Crippen molar-refractivity contribution >= 4 is 33.1 Å². The lowest BCUT2D eigenvalue weighted by Gasteiger charge is -2.44. The number of β-lactam (4-membered cyclic amide) rings is 1. The summed E-state index contributed by atoms with van der Waals surface area (Å²) in [4.78, 5) is 29.9. The number of carbonyl (C=O) groups is 2. The SMILES string of the molecule is C=CCOC(=O)[C@@H]1N2C(=O)[C@@H](C(O)c3nccs3)[C@H]2S(=O)(=O)C1(C)C. The predicted octanol–water partition coefficient (Wildman–Crippen LogP) is 0.266. The summed E-state index contributed by atoms with van der Waals surface area (Å²) in [5.41, 5.74) is 0. The fraction of sp³-hybridized carbons (Fsp3) is 0.533. The highest BCUT2D eigenvalue weighted by Crippen LogP contribution is 2.52. The molecule has 8 nitrogen and oxygen atoms in total. The van der Waals surface area contributed by atoms with Crippen LogP contribution in [0.25, 0.3) is 0 Å². The number of ether oxygens (including phenoxy) is 1. The zero-order valence-corrected chi connectivity index (χ0v) is 15.3. The van der Waals surface area contributed by atoms with Crippen molar-refractivity contribution in [2.45, 2.75) is 36.1 Å². The Kier molecular flexibility index (Phi) is 4.25. The Hall–Kier alpha value is -1.78. The molecule has 0 bridgehead atoms. The number of nitrogens with zero attached hydrogens (tertiary/aromatic N) is 2. The molecule has 4 atom stereocenters. The molecule has 2 fully saturated rings. The van der Waals surface area contributed by atoms with Gasteiger partial charge in [-0.1, -0.05) is 12.7 Å². The molecule has 3 heterocycles.